The topological polar surface area (TPSA) is 68.0 Å². The van der Waals surface area contributed by atoms with Crippen molar-refractivity contribution in [2.24, 2.45) is 0 Å². The number of nitrogen functional groups attached to an aromatic ring is 1. The summed E-state index contributed by atoms with van der Waals surface area (Å²) in [5, 5.41) is 10.4. The van der Waals surface area contributed by atoms with Crippen molar-refractivity contribution >= 4 is 5.69 Å². The van der Waals surface area contributed by atoms with Crippen molar-refractivity contribution in [3.8, 4) is 5.75 Å². The van der Waals surface area contributed by atoms with E-state index >= 15 is 0 Å². The Morgan fingerprint density at radius 3 is 2.86 bits per heavy atom. The molecule has 0 aromatic heterocycles. The number of hydrogen-bond donors (Lipinski definition) is 2. The van der Waals surface area contributed by atoms with Crippen LogP contribution in [-0.2, 0) is 4.74 Å². The highest BCUT2D eigenvalue weighted by Gasteiger charge is 2.30. The Morgan fingerprint density at radius 2 is 2.14 bits per heavy atom. The van der Waals surface area contributed by atoms with Gasteiger partial charge in [-0.25, -0.2) is 0 Å². The molecular formula is C16H26N2O3. The van der Waals surface area contributed by atoms with Gasteiger partial charge in [0.05, 0.1) is 12.2 Å². The van der Waals surface area contributed by atoms with E-state index in [9.17, 15) is 5.11 Å². The molecule has 0 atom stereocenters. The summed E-state index contributed by atoms with van der Waals surface area (Å²) in [5.41, 5.74) is 5.82. The summed E-state index contributed by atoms with van der Waals surface area (Å²) >= 11 is 0. The fourth-order valence-electron chi connectivity index (χ4n) is 2.62. The molecule has 1 heterocycles. The van der Waals surface area contributed by atoms with Gasteiger partial charge in [0.2, 0.25) is 0 Å². The minimum atomic E-state index is -0.595. The summed E-state index contributed by atoms with van der Waals surface area (Å²) in [6.07, 6.45) is 2.35. The van der Waals surface area contributed by atoms with Crippen LogP contribution < -0.4 is 10.5 Å². The van der Waals surface area contributed by atoms with E-state index < -0.39 is 5.60 Å². The van der Waals surface area contributed by atoms with E-state index in [1.54, 1.807) is 0 Å². The van der Waals surface area contributed by atoms with Crippen molar-refractivity contribution < 1.29 is 14.6 Å². The maximum absolute atomic E-state index is 10.4. The van der Waals surface area contributed by atoms with Crippen LogP contribution >= 0.6 is 0 Å². The number of aliphatic hydroxyl groups is 1. The highest BCUT2D eigenvalue weighted by molar-refractivity contribution is 5.43. The van der Waals surface area contributed by atoms with Gasteiger partial charge >= 0.3 is 0 Å². The lowest BCUT2D eigenvalue weighted by atomic mass is 9.94. The molecule has 2 rings (SSSR count). The summed E-state index contributed by atoms with van der Waals surface area (Å²) in [4.78, 5) is 2.16. The summed E-state index contributed by atoms with van der Waals surface area (Å²) < 4.78 is 11.0. The summed E-state index contributed by atoms with van der Waals surface area (Å²) in [7, 11) is 2.04. The molecule has 1 saturated heterocycles. The van der Waals surface area contributed by atoms with Crippen LogP contribution in [-0.4, -0.2) is 55.6 Å². The lowest BCUT2D eigenvalue weighted by Gasteiger charge is -2.35. The lowest BCUT2D eigenvalue weighted by Crippen LogP contribution is -2.46. The number of likely N-dealkylation sites (N-methyl/N-ethyl adjacent to an activating group) is 1. The van der Waals surface area contributed by atoms with Gasteiger partial charge in [-0.3, -0.25) is 0 Å². The molecule has 1 aromatic carbocycles. The average Bonchev–Trinajstić information content (AvgIpc) is 2.44. The molecule has 5 nitrogen and oxygen atoms in total. The van der Waals surface area contributed by atoms with Crippen LogP contribution in [0.1, 0.15) is 19.3 Å². The van der Waals surface area contributed by atoms with Crippen LogP contribution in [0.25, 0.3) is 0 Å². The molecule has 0 spiro atoms. The Bertz CT molecular complexity index is 433. The SMILES string of the molecule is CN(CCCOc1cccc(N)c1)CC1(O)CCOCC1. The molecule has 0 saturated carbocycles. The first-order valence-electron chi connectivity index (χ1n) is 7.54. The molecule has 0 aliphatic carbocycles. The van der Waals surface area contributed by atoms with Crippen molar-refractivity contribution in [2.75, 3.05) is 45.7 Å². The first-order valence-corrected chi connectivity index (χ1v) is 7.54. The van der Waals surface area contributed by atoms with Crippen molar-refractivity contribution in [1.82, 2.24) is 4.90 Å². The normalized spacial score (nSPS) is 17.9. The Balaban J connectivity index is 1.64. The predicted molar refractivity (Wildman–Crippen MR) is 83.5 cm³/mol. The van der Waals surface area contributed by atoms with Gasteiger partial charge in [0.15, 0.2) is 0 Å². The van der Waals surface area contributed by atoms with Crippen molar-refractivity contribution in [3.63, 3.8) is 0 Å². The van der Waals surface area contributed by atoms with Gasteiger partial charge in [-0.1, -0.05) is 6.07 Å². The second-order valence-electron chi connectivity index (χ2n) is 5.85. The fraction of sp³-hybridized carbons (Fsp3) is 0.625. The average molecular weight is 294 g/mol. The maximum Gasteiger partial charge on any atom is 0.121 e. The standard InChI is InChI=1S/C16H26N2O3/c1-18(13-16(19)6-10-20-11-7-16)8-3-9-21-15-5-2-4-14(17)12-15/h2,4-5,12,19H,3,6-11,13,17H2,1H3. The van der Waals surface area contributed by atoms with Crippen LogP contribution in [0.5, 0.6) is 5.75 Å². The molecule has 5 heteroatoms. The van der Waals surface area contributed by atoms with Crippen molar-refractivity contribution in [3.05, 3.63) is 24.3 Å². The first-order chi connectivity index (χ1) is 10.1. The van der Waals surface area contributed by atoms with E-state index in [-0.39, 0.29) is 0 Å². The Labute approximate surface area is 126 Å². The van der Waals surface area contributed by atoms with Gasteiger partial charge < -0.3 is 25.2 Å². The van der Waals surface area contributed by atoms with Gasteiger partial charge in [-0.05, 0) is 25.6 Å². The third-order valence-corrected chi connectivity index (χ3v) is 3.80. The highest BCUT2D eigenvalue weighted by Crippen LogP contribution is 2.21. The van der Waals surface area contributed by atoms with Crippen molar-refractivity contribution in [1.29, 1.82) is 0 Å². The molecule has 1 aromatic rings. The number of ether oxygens (including phenoxy) is 2. The molecule has 1 aliphatic rings. The van der Waals surface area contributed by atoms with Gasteiger partial charge in [0, 0.05) is 50.9 Å². The summed E-state index contributed by atoms with van der Waals surface area (Å²) in [6.45, 7) is 3.54. The van der Waals surface area contributed by atoms with Crippen LogP contribution in [0.2, 0.25) is 0 Å². The second-order valence-corrected chi connectivity index (χ2v) is 5.85. The minimum absolute atomic E-state index is 0.595. The van der Waals surface area contributed by atoms with E-state index in [1.165, 1.54) is 0 Å². The third kappa shape index (κ3) is 5.53. The van der Waals surface area contributed by atoms with E-state index in [0.29, 0.717) is 32.1 Å². The maximum atomic E-state index is 10.4. The number of nitrogens with two attached hydrogens (primary N) is 1. The minimum Gasteiger partial charge on any atom is -0.493 e. The molecule has 21 heavy (non-hydrogen) atoms. The van der Waals surface area contributed by atoms with Gasteiger partial charge in [-0.15, -0.1) is 0 Å². The Kier molecular flexibility index (Phi) is 5.85. The second kappa shape index (κ2) is 7.64. The van der Waals surface area contributed by atoms with Crippen LogP contribution in [0.15, 0.2) is 24.3 Å². The number of anilines is 1. The summed E-state index contributed by atoms with van der Waals surface area (Å²) in [6, 6.07) is 7.46. The molecule has 118 valence electrons. The molecule has 1 aliphatic heterocycles. The summed E-state index contributed by atoms with van der Waals surface area (Å²) in [5.74, 6) is 0.806. The van der Waals surface area contributed by atoms with E-state index in [0.717, 1.165) is 31.6 Å². The molecule has 0 radical (unpaired) electrons. The van der Waals surface area contributed by atoms with Crippen LogP contribution in [0, 0.1) is 0 Å². The van der Waals surface area contributed by atoms with Gasteiger partial charge in [-0.2, -0.15) is 0 Å². The zero-order chi connectivity index (χ0) is 15.1. The smallest absolute Gasteiger partial charge is 0.121 e. The van der Waals surface area contributed by atoms with Gasteiger partial charge in [0.25, 0.3) is 0 Å². The number of nitrogens with zero attached hydrogens (tertiary/aromatic N) is 1. The molecular weight excluding hydrogens is 268 g/mol. The lowest BCUT2D eigenvalue weighted by molar-refractivity contribution is -0.0770. The molecule has 3 N–H and O–H groups in total. The fourth-order valence-corrected chi connectivity index (χ4v) is 2.62. The number of rotatable bonds is 7. The number of hydrogen-bond acceptors (Lipinski definition) is 5. The van der Waals surface area contributed by atoms with Crippen LogP contribution in [0.4, 0.5) is 5.69 Å². The molecule has 0 amide bonds. The van der Waals surface area contributed by atoms with Crippen molar-refractivity contribution in [2.45, 2.75) is 24.9 Å². The first kappa shape index (κ1) is 16.1. The quantitative estimate of drug-likeness (QED) is 0.589. The Hall–Kier alpha value is -1.30. The number of benzene rings is 1. The molecule has 1 fully saturated rings. The zero-order valence-corrected chi connectivity index (χ0v) is 12.8. The monoisotopic (exact) mass is 294 g/mol. The zero-order valence-electron chi connectivity index (χ0n) is 12.8. The predicted octanol–water partition coefficient (Wildman–Crippen LogP) is 1.51. The van der Waals surface area contributed by atoms with E-state index in [4.69, 9.17) is 15.2 Å². The largest absolute Gasteiger partial charge is 0.493 e. The third-order valence-electron chi connectivity index (χ3n) is 3.80. The van der Waals surface area contributed by atoms with E-state index in [2.05, 4.69) is 4.90 Å². The van der Waals surface area contributed by atoms with Crippen LogP contribution in [0.3, 0.4) is 0 Å². The Morgan fingerprint density at radius 1 is 1.38 bits per heavy atom. The highest BCUT2D eigenvalue weighted by atomic mass is 16.5. The van der Waals surface area contributed by atoms with Gasteiger partial charge in [0.1, 0.15) is 5.75 Å². The van der Waals surface area contributed by atoms with E-state index in [1.807, 2.05) is 31.3 Å². The molecule has 0 unspecified atom stereocenters. The molecule has 0 bridgehead atoms.